The van der Waals surface area contributed by atoms with E-state index in [4.69, 9.17) is 33.0 Å². The Kier molecular flexibility index (Phi) is 8.87. The molecule has 0 saturated carbocycles. The molecule has 1 amide bonds. The SMILES string of the molecule is O=C(O)Cc1cc(Cl)c(Oc2ccc(NC(=O)CC(c3ccccc3)c3ccccc3)c(Br)c2)c(Cl)c1. The number of nitrogens with one attached hydrogen (secondary N) is 1. The van der Waals surface area contributed by atoms with Crippen molar-refractivity contribution in [2.45, 2.75) is 18.8 Å². The molecule has 0 aromatic heterocycles. The number of hydrogen-bond donors (Lipinski definition) is 2. The lowest BCUT2D eigenvalue weighted by Gasteiger charge is -2.18. The molecular formula is C29H22BrCl2NO4. The van der Waals surface area contributed by atoms with Crippen molar-refractivity contribution in [3.05, 3.63) is 122 Å². The first-order valence-electron chi connectivity index (χ1n) is 11.4. The van der Waals surface area contributed by atoms with Crippen LogP contribution in [0.3, 0.4) is 0 Å². The summed E-state index contributed by atoms with van der Waals surface area (Å²) < 4.78 is 6.48. The Labute approximate surface area is 233 Å². The first-order valence-corrected chi connectivity index (χ1v) is 12.9. The van der Waals surface area contributed by atoms with Crippen molar-refractivity contribution in [1.82, 2.24) is 0 Å². The van der Waals surface area contributed by atoms with Gasteiger partial charge in [-0.2, -0.15) is 0 Å². The van der Waals surface area contributed by atoms with Crippen molar-refractivity contribution in [2.24, 2.45) is 0 Å². The highest BCUT2D eigenvalue weighted by Crippen LogP contribution is 2.39. The average Bonchev–Trinajstić information content (AvgIpc) is 2.87. The van der Waals surface area contributed by atoms with Gasteiger partial charge in [0, 0.05) is 16.8 Å². The number of halogens is 3. The summed E-state index contributed by atoms with van der Waals surface area (Å²) in [6.45, 7) is 0. The van der Waals surface area contributed by atoms with Gasteiger partial charge in [0.25, 0.3) is 0 Å². The number of carbonyl (C=O) groups excluding carboxylic acids is 1. The maximum Gasteiger partial charge on any atom is 0.307 e. The van der Waals surface area contributed by atoms with Crippen molar-refractivity contribution in [2.75, 3.05) is 5.32 Å². The van der Waals surface area contributed by atoms with E-state index in [2.05, 4.69) is 21.2 Å². The fourth-order valence-corrected chi connectivity index (χ4v) is 5.02. The number of carboxylic acid groups (broad SMARTS) is 1. The summed E-state index contributed by atoms with van der Waals surface area (Å²) in [6.07, 6.45) is 0.0711. The number of hydrogen-bond acceptors (Lipinski definition) is 3. The highest BCUT2D eigenvalue weighted by Gasteiger charge is 2.19. The second-order valence-electron chi connectivity index (χ2n) is 8.33. The van der Waals surface area contributed by atoms with Crippen molar-refractivity contribution >= 4 is 56.7 Å². The van der Waals surface area contributed by atoms with Crippen LogP contribution in [-0.4, -0.2) is 17.0 Å². The van der Waals surface area contributed by atoms with E-state index in [1.54, 1.807) is 18.2 Å². The number of amides is 1. The van der Waals surface area contributed by atoms with Gasteiger partial charge in [0.05, 0.1) is 22.2 Å². The van der Waals surface area contributed by atoms with Crippen LogP contribution in [0.15, 0.2) is 95.5 Å². The number of rotatable bonds is 9. The summed E-state index contributed by atoms with van der Waals surface area (Å²) in [7, 11) is 0. The Morgan fingerprint density at radius 2 is 1.43 bits per heavy atom. The number of anilines is 1. The van der Waals surface area contributed by atoms with Gasteiger partial charge >= 0.3 is 5.97 Å². The van der Waals surface area contributed by atoms with Crippen LogP contribution in [0.4, 0.5) is 5.69 Å². The van der Waals surface area contributed by atoms with Crippen LogP contribution in [0.2, 0.25) is 10.0 Å². The zero-order chi connectivity index (χ0) is 26.4. The highest BCUT2D eigenvalue weighted by atomic mass is 79.9. The summed E-state index contributed by atoms with van der Waals surface area (Å²) in [5.41, 5.74) is 3.19. The molecule has 5 nitrogen and oxygen atoms in total. The molecule has 188 valence electrons. The van der Waals surface area contributed by atoms with Crippen LogP contribution in [0, 0.1) is 0 Å². The van der Waals surface area contributed by atoms with Gasteiger partial charge in [-0.25, -0.2) is 0 Å². The first-order chi connectivity index (χ1) is 17.8. The third-order valence-electron chi connectivity index (χ3n) is 5.64. The largest absolute Gasteiger partial charge is 0.481 e. The normalized spacial score (nSPS) is 10.8. The Bertz CT molecular complexity index is 1350. The molecular weight excluding hydrogens is 577 g/mol. The minimum atomic E-state index is -0.985. The summed E-state index contributed by atoms with van der Waals surface area (Å²) >= 11 is 16.1. The van der Waals surface area contributed by atoms with Crippen molar-refractivity contribution in [1.29, 1.82) is 0 Å². The van der Waals surface area contributed by atoms with E-state index in [-0.39, 0.29) is 40.5 Å². The molecule has 0 aliphatic heterocycles. The fraction of sp³-hybridized carbons (Fsp3) is 0.103. The van der Waals surface area contributed by atoms with Crippen LogP contribution in [0.1, 0.15) is 29.0 Å². The number of benzene rings is 4. The predicted octanol–water partition coefficient (Wildman–Crippen LogP) is 8.34. The quantitative estimate of drug-likeness (QED) is 0.203. The molecule has 0 radical (unpaired) electrons. The number of ether oxygens (including phenoxy) is 1. The molecule has 4 aromatic rings. The standard InChI is InChI=1S/C29H22BrCl2NO4/c30-23-16-21(37-29-24(31)13-18(14-25(29)32)15-28(35)36)11-12-26(23)33-27(34)17-22(19-7-3-1-4-8-19)20-9-5-2-6-10-20/h1-14,16,22H,15,17H2,(H,33,34)(H,35,36). The molecule has 0 fully saturated rings. The molecule has 4 aromatic carbocycles. The second kappa shape index (κ2) is 12.3. The van der Waals surface area contributed by atoms with Gasteiger partial charge in [-0.3, -0.25) is 9.59 Å². The Balaban J connectivity index is 1.48. The monoisotopic (exact) mass is 597 g/mol. The lowest BCUT2D eigenvalue weighted by atomic mass is 9.88. The summed E-state index contributed by atoms with van der Waals surface area (Å²) in [6, 6.07) is 28.0. The Hall–Kier alpha value is -3.32. The predicted molar refractivity (Wildman–Crippen MR) is 150 cm³/mol. The number of aliphatic carboxylic acids is 1. The number of carboxylic acids is 1. The molecule has 2 N–H and O–H groups in total. The smallest absolute Gasteiger partial charge is 0.307 e. The topological polar surface area (TPSA) is 75.6 Å². The molecule has 4 rings (SSSR count). The van der Waals surface area contributed by atoms with E-state index in [0.717, 1.165) is 11.1 Å². The van der Waals surface area contributed by atoms with Crippen molar-refractivity contribution in [3.8, 4) is 11.5 Å². The van der Waals surface area contributed by atoms with Crippen LogP contribution < -0.4 is 10.1 Å². The van der Waals surface area contributed by atoms with Crippen molar-refractivity contribution < 1.29 is 19.4 Å². The number of carbonyl (C=O) groups is 2. The minimum Gasteiger partial charge on any atom is -0.481 e. The highest BCUT2D eigenvalue weighted by molar-refractivity contribution is 9.10. The average molecular weight is 599 g/mol. The maximum absolute atomic E-state index is 13.1. The molecule has 0 atom stereocenters. The summed E-state index contributed by atoms with van der Waals surface area (Å²) in [5, 5.41) is 12.4. The lowest BCUT2D eigenvalue weighted by Crippen LogP contribution is -2.16. The van der Waals surface area contributed by atoms with E-state index in [0.29, 0.717) is 21.5 Å². The van der Waals surface area contributed by atoms with Crippen LogP contribution in [0.5, 0.6) is 11.5 Å². The molecule has 0 unspecified atom stereocenters. The lowest BCUT2D eigenvalue weighted by molar-refractivity contribution is -0.136. The van der Waals surface area contributed by atoms with Gasteiger partial charge in [0.2, 0.25) is 5.91 Å². The van der Waals surface area contributed by atoms with E-state index in [1.807, 2.05) is 60.7 Å². The molecule has 37 heavy (non-hydrogen) atoms. The van der Waals surface area contributed by atoms with Crippen LogP contribution in [-0.2, 0) is 16.0 Å². The van der Waals surface area contributed by atoms with Crippen LogP contribution in [0.25, 0.3) is 0 Å². The second-order valence-corrected chi connectivity index (χ2v) is 10.00. The third kappa shape index (κ3) is 7.13. The third-order valence-corrected chi connectivity index (χ3v) is 6.86. The van der Waals surface area contributed by atoms with Gasteiger partial charge in [-0.15, -0.1) is 0 Å². The van der Waals surface area contributed by atoms with E-state index < -0.39 is 5.97 Å². The van der Waals surface area contributed by atoms with Gasteiger partial charge in [0.1, 0.15) is 5.75 Å². The Morgan fingerprint density at radius 3 is 1.95 bits per heavy atom. The van der Waals surface area contributed by atoms with Crippen LogP contribution >= 0.6 is 39.1 Å². The Morgan fingerprint density at radius 1 is 0.865 bits per heavy atom. The molecule has 0 bridgehead atoms. The molecule has 0 saturated heterocycles. The van der Waals surface area contributed by atoms with Gasteiger partial charge in [-0.05, 0) is 63.0 Å². The molecule has 0 aliphatic carbocycles. The first kappa shape index (κ1) is 26.7. The maximum atomic E-state index is 13.1. The summed E-state index contributed by atoms with van der Waals surface area (Å²) in [4.78, 5) is 24.0. The summed E-state index contributed by atoms with van der Waals surface area (Å²) in [5.74, 6) is -0.550. The van der Waals surface area contributed by atoms with Crippen molar-refractivity contribution in [3.63, 3.8) is 0 Å². The molecule has 0 spiro atoms. The van der Waals surface area contributed by atoms with E-state index in [1.165, 1.54) is 12.1 Å². The van der Waals surface area contributed by atoms with E-state index in [9.17, 15) is 9.59 Å². The van der Waals surface area contributed by atoms with Gasteiger partial charge in [-0.1, -0.05) is 83.9 Å². The zero-order valence-corrected chi connectivity index (χ0v) is 22.6. The van der Waals surface area contributed by atoms with E-state index >= 15 is 0 Å². The molecule has 0 aliphatic rings. The fourth-order valence-electron chi connectivity index (χ4n) is 3.95. The molecule has 0 heterocycles. The van der Waals surface area contributed by atoms with Gasteiger partial charge in [0.15, 0.2) is 5.75 Å². The molecule has 8 heteroatoms. The zero-order valence-electron chi connectivity index (χ0n) is 19.5. The minimum absolute atomic E-state index is 0.0860. The van der Waals surface area contributed by atoms with Gasteiger partial charge < -0.3 is 15.2 Å².